The molecule has 0 amide bonds. The van der Waals surface area contributed by atoms with Gasteiger partial charge in [0.25, 0.3) is 0 Å². The summed E-state index contributed by atoms with van der Waals surface area (Å²) >= 11 is 0. The van der Waals surface area contributed by atoms with Crippen molar-refractivity contribution in [2.45, 2.75) is 12.9 Å². The summed E-state index contributed by atoms with van der Waals surface area (Å²) in [5, 5.41) is 2.74. The first-order valence-corrected chi connectivity index (χ1v) is 5.87. The van der Waals surface area contributed by atoms with Crippen molar-refractivity contribution in [2.24, 2.45) is 10.7 Å². The molecule has 1 heterocycles. The number of rotatable bonds is 4. The maximum absolute atomic E-state index is 12.0. The van der Waals surface area contributed by atoms with E-state index in [4.69, 9.17) is 10.2 Å². The number of benzene rings is 1. The van der Waals surface area contributed by atoms with Gasteiger partial charge in [-0.15, -0.1) is 13.2 Å². The van der Waals surface area contributed by atoms with Crippen molar-refractivity contribution < 1.29 is 22.3 Å². The molecule has 2 aromatic rings. The Balaban J connectivity index is 1.92. The minimum absolute atomic E-state index is 0.121. The Morgan fingerprint density at radius 1 is 1.24 bits per heavy atom. The zero-order valence-corrected chi connectivity index (χ0v) is 10.7. The molecule has 3 N–H and O–H groups in total. The molecule has 0 radical (unpaired) electrons. The van der Waals surface area contributed by atoms with Gasteiger partial charge in [-0.05, 0) is 36.4 Å². The molecule has 1 aromatic carbocycles. The average molecular weight is 299 g/mol. The van der Waals surface area contributed by atoms with Crippen LogP contribution in [-0.4, -0.2) is 12.3 Å². The lowest BCUT2D eigenvalue weighted by Crippen LogP contribution is -2.22. The molecule has 0 aliphatic heterocycles. The maximum atomic E-state index is 12.0. The van der Waals surface area contributed by atoms with Crippen LogP contribution in [0.2, 0.25) is 0 Å². The van der Waals surface area contributed by atoms with E-state index >= 15 is 0 Å². The Labute approximate surface area is 118 Å². The summed E-state index contributed by atoms with van der Waals surface area (Å²) in [5.41, 5.74) is 6.14. The zero-order valence-electron chi connectivity index (χ0n) is 10.7. The van der Waals surface area contributed by atoms with E-state index in [0.29, 0.717) is 11.4 Å². The van der Waals surface area contributed by atoms with Crippen LogP contribution >= 0.6 is 0 Å². The molecule has 5 nitrogen and oxygen atoms in total. The van der Waals surface area contributed by atoms with Crippen molar-refractivity contribution in [1.82, 2.24) is 0 Å². The highest BCUT2D eigenvalue weighted by atomic mass is 19.4. The van der Waals surface area contributed by atoms with Crippen molar-refractivity contribution in [1.29, 1.82) is 0 Å². The molecule has 0 bridgehead atoms. The third-order valence-corrected chi connectivity index (χ3v) is 2.35. The van der Waals surface area contributed by atoms with Crippen molar-refractivity contribution in [2.75, 3.05) is 5.32 Å². The molecule has 0 atom stereocenters. The monoisotopic (exact) mass is 299 g/mol. The number of guanidine groups is 1. The van der Waals surface area contributed by atoms with Gasteiger partial charge in [0.1, 0.15) is 18.1 Å². The molecule has 0 spiro atoms. The second-order valence-corrected chi connectivity index (χ2v) is 3.98. The summed E-state index contributed by atoms with van der Waals surface area (Å²) in [6.45, 7) is 0.265. The quantitative estimate of drug-likeness (QED) is 0.672. The lowest BCUT2D eigenvalue weighted by atomic mass is 10.3. The predicted molar refractivity (Wildman–Crippen MR) is 70.8 cm³/mol. The summed E-state index contributed by atoms with van der Waals surface area (Å²) in [6, 6.07) is 8.63. The number of alkyl halides is 3. The SMILES string of the molecule is NC(=NCc1ccco1)Nc1ccc(OC(F)(F)F)cc1. The second kappa shape index (κ2) is 6.21. The van der Waals surface area contributed by atoms with Crippen LogP contribution in [-0.2, 0) is 6.54 Å². The minimum Gasteiger partial charge on any atom is -0.467 e. The number of furan rings is 1. The Bertz CT molecular complexity index is 592. The molecule has 0 fully saturated rings. The highest BCUT2D eigenvalue weighted by Crippen LogP contribution is 2.23. The van der Waals surface area contributed by atoms with Crippen molar-refractivity contribution >= 4 is 11.6 Å². The van der Waals surface area contributed by atoms with E-state index in [0.717, 1.165) is 0 Å². The first-order chi connectivity index (χ1) is 9.92. The summed E-state index contributed by atoms with van der Waals surface area (Å²) in [6.07, 6.45) is -3.19. The largest absolute Gasteiger partial charge is 0.573 e. The number of hydrogen-bond acceptors (Lipinski definition) is 3. The van der Waals surface area contributed by atoms with Crippen LogP contribution in [0.5, 0.6) is 5.75 Å². The highest BCUT2D eigenvalue weighted by molar-refractivity contribution is 5.92. The van der Waals surface area contributed by atoms with Gasteiger partial charge in [-0.1, -0.05) is 0 Å². The van der Waals surface area contributed by atoms with E-state index in [1.54, 1.807) is 12.1 Å². The van der Waals surface area contributed by atoms with Crippen LogP contribution in [0.3, 0.4) is 0 Å². The van der Waals surface area contributed by atoms with Gasteiger partial charge in [0.15, 0.2) is 5.96 Å². The predicted octanol–water partition coefficient (Wildman–Crippen LogP) is 3.11. The molecule has 112 valence electrons. The van der Waals surface area contributed by atoms with E-state index in [9.17, 15) is 13.2 Å². The molecule has 21 heavy (non-hydrogen) atoms. The maximum Gasteiger partial charge on any atom is 0.573 e. The lowest BCUT2D eigenvalue weighted by molar-refractivity contribution is -0.274. The third kappa shape index (κ3) is 5.09. The number of anilines is 1. The number of hydrogen-bond donors (Lipinski definition) is 2. The summed E-state index contributed by atoms with van der Waals surface area (Å²) in [7, 11) is 0. The first-order valence-electron chi connectivity index (χ1n) is 5.87. The Hall–Kier alpha value is -2.64. The van der Waals surface area contributed by atoms with Gasteiger partial charge in [-0.25, -0.2) is 4.99 Å². The number of nitrogens with one attached hydrogen (secondary N) is 1. The first kappa shape index (κ1) is 14.8. The van der Waals surface area contributed by atoms with Gasteiger partial charge >= 0.3 is 6.36 Å². The minimum atomic E-state index is -4.71. The van der Waals surface area contributed by atoms with Crippen molar-refractivity contribution in [3.8, 4) is 5.75 Å². The second-order valence-electron chi connectivity index (χ2n) is 3.98. The van der Waals surface area contributed by atoms with Crippen LogP contribution in [0.15, 0.2) is 52.1 Å². The van der Waals surface area contributed by atoms with E-state index < -0.39 is 6.36 Å². The molecule has 8 heteroatoms. The Morgan fingerprint density at radius 3 is 2.52 bits per heavy atom. The molecule has 2 rings (SSSR count). The third-order valence-electron chi connectivity index (χ3n) is 2.35. The molecule has 0 aliphatic carbocycles. The Kier molecular flexibility index (Phi) is 4.36. The van der Waals surface area contributed by atoms with E-state index in [2.05, 4.69) is 15.0 Å². The molecule has 0 saturated carbocycles. The molecule has 0 unspecified atom stereocenters. The molecule has 0 aliphatic rings. The number of nitrogens with two attached hydrogens (primary N) is 1. The van der Waals surface area contributed by atoms with E-state index in [-0.39, 0.29) is 18.3 Å². The normalized spacial score (nSPS) is 12.2. The zero-order chi connectivity index (χ0) is 15.3. The number of nitrogens with zero attached hydrogens (tertiary/aromatic N) is 1. The smallest absolute Gasteiger partial charge is 0.467 e. The molecular formula is C13H12F3N3O2. The van der Waals surface area contributed by atoms with Gasteiger partial charge in [-0.3, -0.25) is 0 Å². The van der Waals surface area contributed by atoms with Gasteiger partial charge in [0, 0.05) is 5.69 Å². The average Bonchev–Trinajstić information content (AvgIpc) is 2.90. The van der Waals surface area contributed by atoms with Gasteiger partial charge < -0.3 is 20.2 Å². The number of ether oxygens (including phenoxy) is 1. The molecular weight excluding hydrogens is 287 g/mol. The van der Waals surface area contributed by atoms with Crippen LogP contribution in [0.1, 0.15) is 5.76 Å². The lowest BCUT2D eigenvalue weighted by Gasteiger charge is -2.10. The highest BCUT2D eigenvalue weighted by Gasteiger charge is 2.30. The van der Waals surface area contributed by atoms with Crippen LogP contribution in [0.25, 0.3) is 0 Å². The fourth-order valence-electron chi connectivity index (χ4n) is 1.49. The van der Waals surface area contributed by atoms with Gasteiger partial charge in [0.2, 0.25) is 0 Å². The summed E-state index contributed by atoms with van der Waals surface area (Å²) < 4.78 is 44.8. The summed E-state index contributed by atoms with van der Waals surface area (Å²) in [4.78, 5) is 4.02. The fourth-order valence-corrected chi connectivity index (χ4v) is 1.49. The van der Waals surface area contributed by atoms with E-state index in [1.807, 2.05) is 0 Å². The fraction of sp³-hybridized carbons (Fsp3) is 0.154. The summed E-state index contributed by atoms with van der Waals surface area (Å²) in [5.74, 6) is 0.462. The van der Waals surface area contributed by atoms with Gasteiger partial charge in [0.05, 0.1) is 6.26 Å². The number of halogens is 3. The van der Waals surface area contributed by atoms with Gasteiger partial charge in [-0.2, -0.15) is 0 Å². The van der Waals surface area contributed by atoms with E-state index in [1.165, 1.54) is 30.5 Å². The van der Waals surface area contributed by atoms with Crippen LogP contribution in [0, 0.1) is 0 Å². The standard InChI is InChI=1S/C13H12F3N3O2/c14-13(15,16)21-10-5-3-9(4-6-10)19-12(17)18-8-11-2-1-7-20-11/h1-7H,8H2,(H3,17,18,19). The van der Waals surface area contributed by atoms with Crippen LogP contribution in [0.4, 0.5) is 18.9 Å². The number of aliphatic imine (C=N–C) groups is 1. The van der Waals surface area contributed by atoms with Crippen LogP contribution < -0.4 is 15.8 Å². The molecule has 0 saturated heterocycles. The van der Waals surface area contributed by atoms with Crippen molar-refractivity contribution in [3.63, 3.8) is 0 Å². The molecule has 1 aromatic heterocycles. The topological polar surface area (TPSA) is 72.8 Å². The Morgan fingerprint density at radius 2 is 1.95 bits per heavy atom. The van der Waals surface area contributed by atoms with Crippen molar-refractivity contribution in [3.05, 3.63) is 48.4 Å².